The molecule has 0 aliphatic carbocycles. The van der Waals surface area contributed by atoms with Crippen molar-refractivity contribution in [1.82, 2.24) is 4.90 Å². The predicted octanol–water partition coefficient (Wildman–Crippen LogP) is 3.29. The number of anilines is 1. The molecule has 2 amide bonds. The van der Waals surface area contributed by atoms with Crippen LogP contribution in [0.4, 0.5) is 5.69 Å². The summed E-state index contributed by atoms with van der Waals surface area (Å²) < 4.78 is 0. The molecule has 1 unspecified atom stereocenters. The Hall–Kier alpha value is -3.08. The van der Waals surface area contributed by atoms with Crippen LogP contribution < -0.4 is 5.32 Å². The molecule has 0 aromatic heterocycles. The summed E-state index contributed by atoms with van der Waals surface area (Å²) >= 11 is 0. The van der Waals surface area contributed by atoms with Gasteiger partial charge in [-0.3, -0.25) is 9.59 Å². The minimum Gasteiger partial charge on any atom is -0.506 e. The molecule has 0 saturated carbocycles. The molecular formula is C19H18N2O3. The quantitative estimate of drug-likeness (QED) is 0.852. The van der Waals surface area contributed by atoms with Gasteiger partial charge in [-0.15, -0.1) is 0 Å². The Kier molecular flexibility index (Phi) is 4.33. The molecule has 2 aromatic rings. The molecule has 0 spiro atoms. The minimum atomic E-state index is -0.366. The van der Waals surface area contributed by atoms with Crippen molar-refractivity contribution in [3.05, 3.63) is 65.9 Å². The van der Waals surface area contributed by atoms with Crippen molar-refractivity contribution in [3.63, 3.8) is 0 Å². The van der Waals surface area contributed by atoms with Gasteiger partial charge >= 0.3 is 0 Å². The number of benzene rings is 2. The number of hydrogen-bond acceptors (Lipinski definition) is 3. The number of para-hydroxylation sites is 2. The largest absolute Gasteiger partial charge is 0.506 e. The number of hydrogen-bond donors (Lipinski definition) is 2. The van der Waals surface area contributed by atoms with Crippen LogP contribution in [-0.4, -0.2) is 21.8 Å². The van der Waals surface area contributed by atoms with Gasteiger partial charge in [-0.25, -0.2) is 0 Å². The van der Waals surface area contributed by atoms with E-state index in [1.807, 2.05) is 30.3 Å². The summed E-state index contributed by atoms with van der Waals surface area (Å²) in [7, 11) is 0. The van der Waals surface area contributed by atoms with E-state index in [9.17, 15) is 14.7 Å². The number of amides is 2. The Morgan fingerprint density at radius 3 is 2.58 bits per heavy atom. The lowest BCUT2D eigenvalue weighted by molar-refractivity contribution is -0.129. The zero-order chi connectivity index (χ0) is 17.1. The van der Waals surface area contributed by atoms with Crippen molar-refractivity contribution in [1.29, 1.82) is 0 Å². The predicted molar refractivity (Wildman–Crippen MR) is 92.1 cm³/mol. The fourth-order valence-electron chi connectivity index (χ4n) is 2.87. The van der Waals surface area contributed by atoms with Crippen molar-refractivity contribution in [2.24, 2.45) is 0 Å². The van der Waals surface area contributed by atoms with Crippen LogP contribution in [0.15, 0.2) is 54.7 Å². The summed E-state index contributed by atoms with van der Waals surface area (Å²) in [5, 5.41) is 12.5. The van der Waals surface area contributed by atoms with E-state index in [4.69, 9.17) is 0 Å². The second-order valence-corrected chi connectivity index (χ2v) is 5.66. The highest BCUT2D eigenvalue weighted by atomic mass is 16.3. The summed E-state index contributed by atoms with van der Waals surface area (Å²) in [4.78, 5) is 25.9. The highest BCUT2D eigenvalue weighted by Gasteiger charge is 2.28. The van der Waals surface area contributed by atoms with Crippen molar-refractivity contribution in [2.75, 3.05) is 5.32 Å². The molecule has 122 valence electrons. The maximum absolute atomic E-state index is 12.4. The summed E-state index contributed by atoms with van der Waals surface area (Å²) in [5.74, 6) is -0.378. The highest BCUT2D eigenvalue weighted by Crippen LogP contribution is 2.33. The minimum absolute atomic E-state index is 0.0122. The van der Waals surface area contributed by atoms with Crippen LogP contribution >= 0.6 is 0 Å². The first-order valence-corrected chi connectivity index (χ1v) is 7.70. The van der Waals surface area contributed by atoms with Crippen LogP contribution in [0.1, 0.15) is 30.5 Å². The Morgan fingerprint density at radius 2 is 1.83 bits per heavy atom. The van der Waals surface area contributed by atoms with Gasteiger partial charge in [-0.1, -0.05) is 36.4 Å². The SMILES string of the molecule is CC(=O)N1C=Cc2ccccc2C1CC(=O)Nc1ccccc1O. The first-order valence-electron chi connectivity index (χ1n) is 7.70. The third kappa shape index (κ3) is 3.15. The molecule has 1 atom stereocenters. The van der Waals surface area contributed by atoms with Crippen LogP contribution in [0.5, 0.6) is 5.75 Å². The van der Waals surface area contributed by atoms with Gasteiger partial charge in [-0.2, -0.15) is 0 Å². The number of nitrogens with zero attached hydrogens (tertiary/aromatic N) is 1. The Bertz CT molecular complexity index is 814. The summed E-state index contributed by atoms with van der Waals surface area (Å²) in [6.45, 7) is 1.48. The molecule has 5 heteroatoms. The number of aromatic hydroxyl groups is 1. The third-order valence-corrected chi connectivity index (χ3v) is 4.03. The number of phenolic OH excluding ortho intramolecular Hbond substituents is 1. The van der Waals surface area contributed by atoms with E-state index < -0.39 is 0 Å². The molecule has 24 heavy (non-hydrogen) atoms. The summed E-state index contributed by atoms with van der Waals surface area (Å²) in [6, 6.07) is 13.9. The fraction of sp³-hybridized carbons (Fsp3) is 0.158. The second-order valence-electron chi connectivity index (χ2n) is 5.66. The Morgan fingerprint density at radius 1 is 1.12 bits per heavy atom. The van der Waals surface area contributed by atoms with Gasteiger partial charge < -0.3 is 15.3 Å². The van der Waals surface area contributed by atoms with Crippen molar-refractivity contribution < 1.29 is 14.7 Å². The molecule has 0 bridgehead atoms. The number of nitrogens with one attached hydrogen (secondary N) is 1. The zero-order valence-corrected chi connectivity index (χ0v) is 13.3. The molecule has 5 nitrogen and oxygen atoms in total. The van der Waals surface area contributed by atoms with Crippen molar-refractivity contribution >= 4 is 23.6 Å². The van der Waals surface area contributed by atoms with Gasteiger partial charge in [0.25, 0.3) is 0 Å². The second kappa shape index (κ2) is 6.58. The maximum Gasteiger partial charge on any atom is 0.226 e. The van der Waals surface area contributed by atoms with Gasteiger partial charge in [0.2, 0.25) is 11.8 Å². The van der Waals surface area contributed by atoms with Crippen molar-refractivity contribution in [3.8, 4) is 5.75 Å². The van der Waals surface area contributed by atoms with Crippen molar-refractivity contribution in [2.45, 2.75) is 19.4 Å². The molecule has 2 aromatic carbocycles. The number of carbonyl (C=O) groups is 2. The summed E-state index contributed by atoms with van der Waals surface area (Å²) in [6.07, 6.45) is 3.69. The lowest BCUT2D eigenvalue weighted by Crippen LogP contribution is -2.33. The van der Waals surface area contributed by atoms with E-state index in [-0.39, 0.29) is 30.0 Å². The maximum atomic E-state index is 12.4. The summed E-state index contributed by atoms with van der Waals surface area (Å²) in [5.41, 5.74) is 2.29. The standard InChI is InChI=1S/C19H18N2O3/c1-13(22)21-11-10-14-6-2-3-7-15(14)17(21)12-19(24)20-16-8-4-5-9-18(16)23/h2-11,17,23H,12H2,1H3,(H,20,24). The molecule has 1 aliphatic rings. The van der Waals surface area contributed by atoms with E-state index >= 15 is 0 Å². The third-order valence-electron chi connectivity index (χ3n) is 4.03. The van der Waals surface area contributed by atoms with E-state index in [0.717, 1.165) is 11.1 Å². The van der Waals surface area contributed by atoms with Crippen LogP contribution in [0, 0.1) is 0 Å². The molecule has 0 saturated heterocycles. The molecular weight excluding hydrogens is 304 g/mol. The number of phenols is 1. The van der Waals surface area contributed by atoms with Gasteiger partial charge in [0.1, 0.15) is 5.75 Å². The first kappa shape index (κ1) is 15.8. The first-order chi connectivity index (χ1) is 11.6. The Balaban J connectivity index is 1.83. The van der Waals surface area contributed by atoms with Crippen LogP contribution in [-0.2, 0) is 9.59 Å². The van der Waals surface area contributed by atoms with E-state index in [1.54, 1.807) is 29.3 Å². The number of fused-ring (bicyclic) bond motifs is 1. The smallest absolute Gasteiger partial charge is 0.226 e. The van der Waals surface area contributed by atoms with Crippen LogP contribution in [0.2, 0.25) is 0 Å². The molecule has 0 fully saturated rings. The Labute approximate surface area is 140 Å². The zero-order valence-electron chi connectivity index (χ0n) is 13.3. The molecule has 3 rings (SSSR count). The molecule has 2 N–H and O–H groups in total. The fourth-order valence-corrected chi connectivity index (χ4v) is 2.87. The molecule has 1 aliphatic heterocycles. The van der Waals surface area contributed by atoms with E-state index in [2.05, 4.69) is 5.32 Å². The number of rotatable bonds is 3. The topological polar surface area (TPSA) is 69.6 Å². The van der Waals surface area contributed by atoms with Crippen LogP contribution in [0.3, 0.4) is 0 Å². The molecule has 0 radical (unpaired) electrons. The normalized spacial score (nSPS) is 15.7. The van der Waals surface area contributed by atoms with E-state index in [1.165, 1.54) is 13.0 Å². The lowest BCUT2D eigenvalue weighted by Gasteiger charge is -2.32. The average Bonchev–Trinajstić information content (AvgIpc) is 2.57. The molecule has 1 heterocycles. The lowest BCUT2D eigenvalue weighted by atomic mass is 9.93. The monoisotopic (exact) mass is 322 g/mol. The highest BCUT2D eigenvalue weighted by molar-refractivity contribution is 5.93. The van der Waals surface area contributed by atoms with Gasteiger partial charge in [-0.05, 0) is 29.3 Å². The average molecular weight is 322 g/mol. The van der Waals surface area contributed by atoms with Gasteiger partial charge in [0.05, 0.1) is 18.2 Å². The van der Waals surface area contributed by atoms with Crippen LogP contribution in [0.25, 0.3) is 6.08 Å². The van der Waals surface area contributed by atoms with Gasteiger partial charge in [0.15, 0.2) is 0 Å². The number of carbonyl (C=O) groups excluding carboxylic acids is 2. The van der Waals surface area contributed by atoms with E-state index in [0.29, 0.717) is 5.69 Å². The van der Waals surface area contributed by atoms with Gasteiger partial charge in [0, 0.05) is 13.1 Å².